The molecular weight excluding hydrogens is 396 g/mol. The molecule has 2 heterocycles. The number of alkyl halides is 6. The minimum atomic E-state index is -4.88. The maximum atomic E-state index is 13.6. The van der Waals surface area contributed by atoms with Gasteiger partial charge in [0.2, 0.25) is 17.2 Å². The summed E-state index contributed by atoms with van der Waals surface area (Å²) in [6.07, 6.45) is -9.67. The Bertz CT molecular complexity index is 802. The molecule has 1 aliphatic rings. The average molecular weight is 413 g/mol. The van der Waals surface area contributed by atoms with E-state index in [1.807, 2.05) is 0 Å². The Labute approximate surface area is 156 Å². The molecule has 0 aliphatic carbocycles. The van der Waals surface area contributed by atoms with E-state index in [0.717, 1.165) is 27.0 Å². The SMILES string of the molecule is CCOC(=O)C1=C(c2ccc(C(F)(F)F)nc2OC)[C@H](C)[C@](C)(C(F)(F)F)O1. The molecule has 0 spiro atoms. The number of methoxy groups -OCH3 is 1. The van der Waals surface area contributed by atoms with Crippen molar-refractivity contribution in [2.45, 2.75) is 38.7 Å². The predicted octanol–water partition coefficient (Wildman–Crippen LogP) is 4.37. The molecular formula is C17H17F6NO4. The number of nitrogens with zero attached hydrogens (tertiary/aromatic N) is 1. The van der Waals surface area contributed by atoms with Crippen LogP contribution in [0.4, 0.5) is 26.3 Å². The van der Waals surface area contributed by atoms with Gasteiger partial charge in [-0.2, -0.15) is 26.3 Å². The lowest BCUT2D eigenvalue weighted by Crippen LogP contribution is -2.47. The summed E-state index contributed by atoms with van der Waals surface area (Å²) in [5.41, 5.74) is -4.61. The summed E-state index contributed by atoms with van der Waals surface area (Å²) < 4.78 is 94.1. The van der Waals surface area contributed by atoms with Crippen LogP contribution >= 0.6 is 0 Å². The van der Waals surface area contributed by atoms with Gasteiger partial charge in [0.25, 0.3) is 0 Å². The fourth-order valence-corrected chi connectivity index (χ4v) is 2.79. The number of rotatable bonds is 4. The Morgan fingerprint density at radius 2 is 1.86 bits per heavy atom. The lowest BCUT2D eigenvalue weighted by Gasteiger charge is -2.32. The summed E-state index contributed by atoms with van der Waals surface area (Å²) in [4.78, 5) is 15.5. The van der Waals surface area contributed by atoms with Gasteiger partial charge in [0, 0.05) is 17.1 Å². The van der Waals surface area contributed by atoms with Crippen molar-refractivity contribution in [1.29, 1.82) is 0 Å². The molecule has 0 N–H and O–H groups in total. The minimum absolute atomic E-state index is 0.140. The van der Waals surface area contributed by atoms with Gasteiger partial charge in [0.1, 0.15) is 5.69 Å². The third kappa shape index (κ3) is 3.61. The van der Waals surface area contributed by atoms with Gasteiger partial charge in [-0.1, -0.05) is 6.92 Å². The standard InChI is InChI=1S/C17H17F6NO4/c1-5-27-14(25)12-11(8(2)15(3,28-12)17(21,22)23)9-6-7-10(16(18,19)20)24-13(9)26-4/h6-8H,5H2,1-4H3/t8-,15+/m0/s1. The molecule has 0 unspecified atom stereocenters. The Hall–Kier alpha value is -2.46. The van der Waals surface area contributed by atoms with Gasteiger partial charge in [-0.3, -0.25) is 0 Å². The minimum Gasteiger partial charge on any atom is -0.481 e. The highest BCUT2D eigenvalue weighted by molar-refractivity contribution is 5.98. The van der Waals surface area contributed by atoms with Crippen molar-refractivity contribution >= 4 is 11.5 Å². The third-order valence-corrected chi connectivity index (χ3v) is 4.48. The quantitative estimate of drug-likeness (QED) is 0.542. The van der Waals surface area contributed by atoms with Crippen LogP contribution in [-0.4, -0.2) is 36.4 Å². The monoisotopic (exact) mass is 413 g/mol. The third-order valence-electron chi connectivity index (χ3n) is 4.48. The molecule has 0 fully saturated rings. The van der Waals surface area contributed by atoms with Gasteiger partial charge in [0.05, 0.1) is 13.7 Å². The van der Waals surface area contributed by atoms with Gasteiger partial charge < -0.3 is 14.2 Å². The first kappa shape index (κ1) is 21.8. The lowest BCUT2D eigenvalue weighted by atomic mass is 9.83. The second-order valence-electron chi connectivity index (χ2n) is 6.14. The van der Waals surface area contributed by atoms with E-state index in [2.05, 4.69) is 4.98 Å². The highest BCUT2D eigenvalue weighted by Gasteiger charge is 2.63. The topological polar surface area (TPSA) is 57.7 Å². The van der Waals surface area contributed by atoms with E-state index in [1.54, 1.807) is 0 Å². The number of ether oxygens (including phenoxy) is 3. The summed E-state index contributed by atoms with van der Waals surface area (Å²) in [5.74, 6) is -3.96. The van der Waals surface area contributed by atoms with Crippen LogP contribution < -0.4 is 4.74 Å². The molecule has 0 aromatic carbocycles. The Morgan fingerprint density at radius 1 is 1.25 bits per heavy atom. The Kier molecular flexibility index (Phi) is 5.59. The summed E-state index contributed by atoms with van der Waals surface area (Å²) in [7, 11) is 1.01. The number of halogens is 6. The zero-order chi connectivity index (χ0) is 21.5. The first-order valence-electron chi connectivity index (χ1n) is 8.07. The van der Waals surface area contributed by atoms with Crippen LogP contribution in [0.5, 0.6) is 5.88 Å². The van der Waals surface area contributed by atoms with Crippen LogP contribution in [0.1, 0.15) is 32.0 Å². The predicted molar refractivity (Wildman–Crippen MR) is 84.1 cm³/mol. The van der Waals surface area contributed by atoms with Crippen LogP contribution in [0.3, 0.4) is 0 Å². The lowest BCUT2D eigenvalue weighted by molar-refractivity contribution is -0.262. The van der Waals surface area contributed by atoms with E-state index >= 15 is 0 Å². The van der Waals surface area contributed by atoms with E-state index in [1.165, 1.54) is 6.92 Å². The van der Waals surface area contributed by atoms with Gasteiger partial charge in [-0.15, -0.1) is 0 Å². The number of pyridine rings is 1. The highest BCUT2D eigenvalue weighted by atomic mass is 19.4. The van der Waals surface area contributed by atoms with E-state index < -0.39 is 47.2 Å². The number of carbonyl (C=O) groups is 1. The van der Waals surface area contributed by atoms with Crippen molar-refractivity contribution in [3.05, 3.63) is 29.1 Å². The maximum absolute atomic E-state index is 13.6. The van der Waals surface area contributed by atoms with Crippen LogP contribution in [0.25, 0.3) is 5.57 Å². The van der Waals surface area contributed by atoms with Crippen LogP contribution in [0.15, 0.2) is 17.9 Å². The van der Waals surface area contributed by atoms with Crippen molar-refractivity contribution < 1.29 is 45.3 Å². The molecule has 0 radical (unpaired) electrons. The van der Waals surface area contributed by atoms with Crippen molar-refractivity contribution in [2.24, 2.45) is 5.92 Å². The number of aromatic nitrogens is 1. The first-order valence-corrected chi connectivity index (χ1v) is 8.07. The molecule has 0 amide bonds. The van der Waals surface area contributed by atoms with Gasteiger partial charge in [-0.05, 0) is 26.0 Å². The molecule has 0 saturated heterocycles. The van der Waals surface area contributed by atoms with Crippen molar-refractivity contribution in [2.75, 3.05) is 13.7 Å². The molecule has 5 nitrogen and oxygen atoms in total. The van der Waals surface area contributed by atoms with Gasteiger partial charge in [-0.25, -0.2) is 9.78 Å². The fourth-order valence-electron chi connectivity index (χ4n) is 2.79. The Balaban J connectivity index is 2.70. The molecule has 11 heteroatoms. The molecule has 2 atom stereocenters. The van der Waals surface area contributed by atoms with Crippen LogP contribution in [0.2, 0.25) is 0 Å². The number of esters is 1. The highest BCUT2D eigenvalue weighted by Crippen LogP contribution is 2.53. The molecule has 2 rings (SSSR count). The molecule has 0 bridgehead atoms. The van der Waals surface area contributed by atoms with E-state index in [-0.39, 0.29) is 17.7 Å². The summed E-state index contributed by atoms with van der Waals surface area (Å²) in [6, 6.07) is 1.48. The van der Waals surface area contributed by atoms with E-state index in [0.29, 0.717) is 6.07 Å². The van der Waals surface area contributed by atoms with Gasteiger partial charge in [0.15, 0.2) is 0 Å². The number of carbonyl (C=O) groups excluding carboxylic acids is 1. The van der Waals surface area contributed by atoms with Crippen molar-refractivity contribution in [3.63, 3.8) is 0 Å². The molecule has 1 aliphatic heterocycles. The zero-order valence-corrected chi connectivity index (χ0v) is 15.3. The second kappa shape index (κ2) is 7.17. The summed E-state index contributed by atoms with van der Waals surface area (Å²) in [6.45, 7) is 3.19. The second-order valence-corrected chi connectivity index (χ2v) is 6.14. The van der Waals surface area contributed by atoms with Crippen molar-refractivity contribution in [1.82, 2.24) is 4.98 Å². The first-order chi connectivity index (χ1) is 12.8. The maximum Gasteiger partial charge on any atom is 0.433 e. The number of hydrogen-bond acceptors (Lipinski definition) is 5. The fraction of sp³-hybridized carbons (Fsp3) is 0.529. The largest absolute Gasteiger partial charge is 0.481 e. The zero-order valence-electron chi connectivity index (χ0n) is 15.3. The van der Waals surface area contributed by atoms with Crippen LogP contribution in [-0.2, 0) is 20.4 Å². The van der Waals surface area contributed by atoms with E-state index in [9.17, 15) is 31.1 Å². The Morgan fingerprint density at radius 3 is 2.32 bits per heavy atom. The molecule has 156 valence electrons. The average Bonchev–Trinajstić information content (AvgIpc) is 2.86. The van der Waals surface area contributed by atoms with Crippen molar-refractivity contribution in [3.8, 4) is 5.88 Å². The molecule has 1 aromatic heterocycles. The number of hydrogen-bond donors (Lipinski definition) is 0. The summed E-state index contributed by atoms with van der Waals surface area (Å²) in [5, 5.41) is 0. The molecule has 1 aromatic rings. The molecule has 0 saturated carbocycles. The molecule has 28 heavy (non-hydrogen) atoms. The smallest absolute Gasteiger partial charge is 0.433 e. The summed E-state index contributed by atoms with van der Waals surface area (Å²) >= 11 is 0. The van der Waals surface area contributed by atoms with E-state index in [4.69, 9.17) is 14.2 Å². The van der Waals surface area contributed by atoms with Gasteiger partial charge >= 0.3 is 18.3 Å². The normalized spacial score (nSPS) is 22.9. The van der Waals surface area contributed by atoms with Crippen LogP contribution in [0, 0.1) is 5.92 Å².